The van der Waals surface area contributed by atoms with Gasteiger partial charge in [0.2, 0.25) is 11.6 Å². The number of rotatable bonds is 6. The summed E-state index contributed by atoms with van der Waals surface area (Å²) >= 11 is 0. The Balaban J connectivity index is 1.63. The molecule has 1 heterocycles. The van der Waals surface area contributed by atoms with Gasteiger partial charge in [-0.1, -0.05) is 0 Å². The molecule has 3 aromatic rings. The number of carbonyl (C=O) groups is 1. The first kappa shape index (κ1) is 24.1. The molecule has 0 unspecified atom stereocenters. The third-order valence-electron chi connectivity index (χ3n) is 5.35. The average molecular weight is 492 g/mol. The minimum Gasteiger partial charge on any atom is -0.497 e. The van der Waals surface area contributed by atoms with Crippen LogP contribution < -0.4 is 18.9 Å². The van der Waals surface area contributed by atoms with E-state index in [0.29, 0.717) is 22.6 Å². The summed E-state index contributed by atoms with van der Waals surface area (Å²) in [6, 6.07) is 7.67. The summed E-state index contributed by atoms with van der Waals surface area (Å²) in [6.07, 6.45) is 1.47. The Morgan fingerprint density at radius 3 is 2.14 bits per heavy atom. The maximum absolute atomic E-state index is 13.9. The maximum Gasteiger partial charge on any atom is 0.232 e. The van der Waals surface area contributed by atoms with Crippen molar-refractivity contribution < 1.29 is 45.7 Å². The van der Waals surface area contributed by atoms with Gasteiger partial charge < -0.3 is 18.9 Å². The molecule has 0 N–H and O–H groups in total. The van der Waals surface area contributed by atoms with Crippen LogP contribution in [0.4, 0.5) is 22.0 Å². The summed E-state index contributed by atoms with van der Waals surface area (Å²) in [5, 5.41) is 0. The van der Waals surface area contributed by atoms with Gasteiger partial charge in [0.25, 0.3) is 0 Å². The quantitative estimate of drug-likeness (QED) is 0.186. The van der Waals surface area contributed by atoms with Crippen molar-refractivity contribution in [3.05, 3.63) is 87.4 Å². The van der Waals surface area contributed by atoms with E-state index >= 15 is 0 Å². The van der Waals surface area contributed by atoms with Crippen molar-refractivity contribution in [2.24, 2.45) is 0 Å². The number of fused-ring (bicyclic) bond motifs is 1. The van der Waals surface area contributed by atoms with E-state index in [1.165, 1.54) is 32.4 Å². The van der Waals surface area contributed by atoms with Crippen LogP contribution in [-0.2, 0) is 6.61 Å². The molecule has 5 nitrogen and oxygen atoms in total. The first-order valence-corrected chi connectivity index (χ1v) is 10.1. The average Bonchev–Trinajstić information content (AvgIpc) is 3.16. The first-order chi connectivity index (χ1) is 16.7. The van der Waals surface area contributed by atoms with Crippen LogP contribution in [0.1, 0.15) is 27.0 Å². The van der Waals surface area contributed by atoms with Crippen LogP contribution in [-0.4, -0.2) is 20.0 Å². The zero-order valence-corrected chi connectivity index (χ0v) is 18.6. The van der Waals surface area contributed by atoms with Crippen LogP contribution in [0.25, 0.3) is 6.08 Å². The number of Topliss-reactive ketones (excluding diaryl/α,β-unsaturated/α-hetero) is 1. The second-order valence-electron chi connectivity index (χ2n) is 7.50. The lowest BCUT2D eigenvalue weighted by Gasteiger charge is -2.11. The SMILES string of the molecule is COc1ccc(OC)c(/C=C2\Oc3cc(OCc4c(F)c(F)c(F)c(F)c4F)cc(C)c3C2=O)c1. The molecule has 3 aromatic carbocycles. The van der Waals surface area contributed by atoms with E-state index < -0.39 is 47.0 Å². The molecule has 0 aliphatic carbocycles. The molecule has 0 saturated carbocycles. The summed E-state index contributed by atoms with van der Waals surface area (Å²) in [4.78, 5) is 12.9. The normalized spacial score (nSPS) is 13.6. The highest BCUT2D eigenvalue weighted by molar-refractivity contribution is 6.15. The van der Waals surface area contributed by atoms with Gasteiger partial charge in [-0.15, -0.1) is 0 Å². The van der Waals surface area contributed by atoms with Crippen LogP contribution in [0.3, 0.4) is 0 Å². The molecule has 35 heavy (non-hydrogen) atoms. The van der Waals surface area contributed by atoms with E-state index in [1.54, 1.807) is 25.1 Å². The molecule has 0 bridgehead atoms. The lowest BCUT2D eigenvalue weighted by molar-refractivity contribution is 0.101. The molecule has 0 spiro atoms. The van der Waals surface area contributed by atoms with Gasteiger partial charge in [-0.3, -0.25) is 4.79 Å². The van der Waals surface area contributed by atoms with Crippen molar-refractivity contribution >= 4 is 11.9 Å². The first-order valence-electron chi connectivity index (χ1n) is 10.1. The molecule has 0 radical (unpaired) electrons. The van der Waals surface area contributed by atoms with E-state index in [1.807, 2.05) is 0 Å². The molecular formula is C25H17F5O5. The van der Waals surface area contributed by atoms with Crippen LogP contribution in [0.2, 0.25) is 0 Å². The highest BCUT2D eigenvalue weighted by Crippen LogP contribution is 2.39. The van der Waals surface area contributed by atoms with Crippen LogP contribution in [0.15, 0.2) is 36.1 Å². The van der Waals surface area contributed by atoms with Gasteiger partial charge in [-0.25, -0.2) is 22.0 Å². The number of hydrogen-bond acceptors (Lipinski definition) is 5. The molecule has 0 saturated heterocycles. The number of aryl methyl sites for hydroxylation is 1. The Hall–Kier alpha value is -4.08. The molecule has 10 heteroatoms. The third kappa shape index (κ3) is 4.27. The number of halogens is 5. The van der Waals surface area contributed by atoms with Crippen LogP contribution in [0.5, 0.6) is 23.0 Å². The number of methoxy groups -OCH3 is 2. The molecule has 0 atom stereocenters. The zero-order valence-electron chi connectivity index (χ0n) is 18.6. The topological polar surface area (TPSA) is 54.0 Å². The van der Waals surface area contributed by atoms with Gasteiger partial charge in [0.05, 0.1) is 25.3 Å². The second kappa shape index (κ2) is 9.28. The van der Waals surface area contributed by atoms with E-state index in [2.05, 4.69) is 0 Å². The van der Waals surface area contributed by atoms with Gasteiger partial charge in [0.15, 0.2) is 29.0 Å². The monoisotopic (exact) mass is 492 g/mol. The number of hydrogen-bond donors (Lipinski definition) is 0. The smallest absolute Gasteiger partial charge is 0.232 e. The Kier molecular flexibility index (Phi) is 6.38. The van der Waals surface area contributed by atoms with Gasteiger partial charge in [-0.05, 0) is 42.8 Å². The number of benzene rings is 3. The number of carbonyl (C=O) groups excluding carboxylic acids is 1. The van der Waals surface area contributed by atoms with Crippen molar-refractivity contribution in [3.8, 4) is 23.0 Å². The van der Waals surface area contributed by atoms with E-state index in [4.69, 9.17) is 18.9 Å². The summed E-state index contributed by atoms with van der Waals surface area (Å²) in [5.41, 5.74) is 0.0494. The van der Waals surface area contributed by atoms with Crippen molar-refractivity contribution in [1.29, 1.82) is 0 Å². The third-order valence-corrected chi connectivity index (χ3v) is 5.35. The number of allylic oxidation sites excluding steroid dienone is 1. The molecular weight excluding hydrogens is 475 g/mol. The number of ether oxygens (including phenoxy) is 4. The lowest BCUT2D eigenvalue weighted by atomic mass is 10.0. The molecule has 1 aliphatic rings. The summed E-state index contributed by atoms with van der Waals surface area (Å²) < 4.78 is 89.5. The molecule has 182 valence electrons. The minimum absolute atomic E-state index is 0.00166. The predicted molar refractivity (Wildman–Crippen MR) is 114 cm³/mol. The van der Waals surface area contributed by atoms with Crippen LogP contribution >= 0.6 is 0 Å². The predicted octanol–water partition coefficient (Wildman–Crippen LogP) is 5.90. The Morgan fingerprint density at radius 2 is 1.51 bits per heavy atom. The largest absolute Gasteiger partial charge is 0.497 e. The zero-order chi connectivity index (χ0) is 25.4. The Morgan fingerprint density at radius 1 is 0.857 bits per heavy atom. The van der Waals surface area contributed by atoms with Gasteiger partial charge in [-0.2, -0.15) is 0 Å². The fourth-order valence-electron chi connectivity index (χ4n) is 3.59. The second-order valence-corrected chi connectivity index (χ2v) is 7.50. The molecule has 4 rings (SSSR count). The maximum atomic E-state index is 13.9. The van der Waals surface area contributed by atoms with E-state index in [9.17, 15) is 26.7 Å². The lowest BCUT2D eigenvalue weighted by Crippen LogP contribution is -2.10. The van der Waals surface area contributed by atoms with Crippen molar-refractivity contribution in [1.82, 2.24) is 0 Å². The van der Waals surface area contributed by atoms with Crippen molar-refractivity contribution in [3.63, 3.8) is 0 Å². The fourth-order valence-corrected chi connectivity index (χ4v) is 3.59. The Bertz CT molecular complexity index is 1350. The van der Waals surface area contributed by atoms with Crippen molar-refractivity contribution in [2.45, 2.75) is 13.5 Å². The molecule has 1 aliphatic heterocycles. The Labute approximate surface area is 196 Å². The molecule has 0 fully saturated rings. The summed E-state index contributed by atoms with van der Waals surface area (Å²) in [5.74, 6) is -9.69. The van der Waals surface area contributed by atoms with Crippen molar-refractivity contribution in [2.75, 3.05) is 14.2 Å². The van der Waals surface area contributed by atoms with E-state index in [0.717, 1.165) is 0 Å². The van der Waals surface area contributed by atoms with Gasteiger partial charge in [0, 0.05) is 11.6 Å². The highest BCUT2D eigenvalue weighted by Gasteiger charge is 2.31. The van der Waals surface area contributed by atoms with Crippen LogP contribution in [0, 0.1) is 36.0 Å². The van der Waals surface area contributed by atoms with Gasteiger partial charge in [0.1, 0.15) is 29.6 Å². The highest BCUT2D eigenvalue weighted by atomic mass is 19.2. The molecule has 0 amide bonds. The number of ketones is 1. The fraction of sp³-hybridized carbons (Fsp3) is 0.160. The summed E-state index contributed by atoms with van der Waals surface area (Å²) in [6.45, 7) is 0.641. The van der Waals surface area contributed by atoms with E-state index in [-0.39, 0.29) is 22.8 Å². The molecule has 0 aromatic heterocycles. The minimum atomic E-state index is -2.25. The standard InChI is InChI=1S/C25H17F5O5/c1-11-6-14(34-10-15-20(26)22(28)24(30)23(29)21(15)27)9-17-19(11)25(31)18(35-17)8-12-7-13(32-2)4-5-16(12)33-3/h4-9H,10H2,1-3H3/b18-8-. The van der Waals surface area contributed by atoms with Gasteiger partial charge >= 0.3 is 0 Å². The summed E-state index contributed by atoms with van der Waals surface area (Å²) in [7, 11) is 2.96.